The molecule has 1 atom stereocenters. The van der Waals surface area contributed by atoms with Crippen molar-refractivity contribution in [1.82, 2.24) is 5.32 Å². The van der Waals surface area contributed by atoms with Crippen LogP contribution < -0.4 is 10.6 Å². The van der Waals surface area contributed by atoms with E-state index >= 15 is 0 Å². The van der Waals surface area contributed by atoms with Gasteiger partial charge in [0.15, 0.2) is 0 Å². The van der Waals surface area contributed by atoms with Gasteiger partial charge in [0.2, 0.25) is 0 Å². The molecule has 2 N–H and O–H groups in total. The number of halogens is 2. The molecule has 0 radical (unpaired) electrons. The van der Waals surface area contributed by atoms with Crippen LogP contribution in [-0.4, -0.2) is 6.04 Å². The maximum absolute atomic E-state index is 6.12. The summed E-state index contributed by atoms with van der Waals surface area (Å²) in [5.74, 6) is 1.05. The molecule has 0 spiro atoms. The Morgan fingerprint density at radius 3 is 2.93 bits per heavy atom. The molecule has 0 aliphatic carbocycles. The number of rotatable bonds is 2. The molecule has 0 saturated heterocycles. The number of hydrogen-bond acceptors (Lipinski definition) is 2. The second-order valence-electron chi connectivity index (χ2n) is 3.65. The molecule has 15 heavy (non-hydrogen) atoms. The van der Waals surface area contributed by atoms with Gasteiger partial charge in [-0.05, 0) is 60.2 Å². The van der Waals surface area contributed by atoms with Crippen molar-refractivity contribution in [2.24, 2.45) is 0 Å². The summed E-state index contributed by atoms with van der Waals surface area (Å²) in [5.41, 5.74) is 0.949. The fourth-order valence-corrected chi connectivity index (χ4v) is 2.40. The zero-order valence-electron chi connectivity index (χ0n) is 8.35. The normalized spacial score (nSPS) is 19.7. The maximum Gasteiger partial charge on any atom is 0.0993 e. The molecule has 1 heterocycles. The Balaban J connectivity index is 2.11. The molecular weight excluding hydrogens is 322 g/mol. The Kier molecular flexibility index (Phi) is 3.41. The van der Waals surface area contributed by atoms with Gasteiger partial charge in [0.1, 0.15) is 0 Å². The summed E-state index contributed by atoms with van der Waals surface area (Å²) < 4.78 is 1.14. The first kappa shape index (κ1) is 11.1. The van der Waals surface area contributed by atoms with E-state index < -0.39 is 0 Å². The van der Waals surface area contributed by atoms with E-state index in [1.807, 2.05) is 18.2 Å². The quantitative estimate of drug-likeness (QED) is 0.808. The van der Waals surface area contributed by atoms with Crippen LogP contribution in [-0.2, 0) is 0 Å². The molecule has 1 aliphatic heterocycles. The van der Waals surface area contributed by atoms with Crippen molar-refractivity contribution >= 4 is 39.9 Å². The van der Waals surface area contributed by atoms with Crippen LogP contribution in [0.15, 0.2) is 30.1 Å². The van der Waals surface area contributed by atoms with Crippen LogP contribution in [0, 0.1) is 3.57 Å². The number of hydrogen-bond donors (Lipinski definition) is 2. The standard InChI is InChI=1S/C11H12ClIN2/c1-7-2-5-11(14-7)15-10-4-3-8(13)6-9(10)12/h3-7,14-15H,2H2,1H3. The maximum atomic E-state index is 6.12. The predicted octanol–water partition coefficient (Wildman–Crippen LogP) is 3.58. The summed E-state index contributed by atoms with van der Waals surface area (Å²) >= 11 is 8.37. The summed E-state index contributed by atoms with van der Waals surface area (Å²) in [6.45, 7) is 2.15. The highest BCUT2D eigenvalue weighted by molar-refractivity contribution is 14.1. The summed E-state index contributed by atoms with van der Waals surface area (Å²) in [4.78, 5) is 0. The van der Waals surface area contributed by atoms with Crippen LogP contribution in [0.2, 0.25) is 5.02 Å². The fourth-order valence-electron chi connectivity index (χ4n) is 1.50. The number of benzene rings is 1. The highest BCUT2D eigenvalue weighted by atomic mass is 127. The third kappa shape index (κ3) is 2.78. The fraction of sp³-hybridized carbons (Fsp3) is 0.273. The van der Waals surface area contributed by atoms with Crippen LogP contribution in [0.3, 0.4) is 0 Å². The molecule has 2 nitrogen and oxygen atoms in total. The van der Waals surface area contributed by atoms with Gasteiger partial charge in [0.05, 0.1) is 16.5 Å². The van der Waals surface area contributed by atoms with Crippen molar-refractivity contribution in [3.05, 3.63) is 38.7 Å². The minimum Gasteiger partial charge on any atom is -0.369 e. The summed E-state index contributed by atoms with van der Waals surface area (Å²) in [5, 5.41) is 7.37. The first-order valence-electron chi connectivity index (χ1n) is 4.84. The van der Waals surface area contributed by atoms with Crippen molar-refractivity contribution in [2.75, 3.05) is 5.32 Å². The van der Waals surface area contributed by atoms with E-state index in [-0.39, 0.29) is 0 Å². The molecule has 4 heteroatoms. The van der Waals surface area contributed by atoms with Gasteiger partial charge in [-0.25, -0.2) is 0 Å². The smallest absolute Gasteiger partial charge is 0.0993 e. The SMILES string of the molecule is CC1CC=C(Nc2ccc(I)cc2Cl)N1. The van der Waals surface area contributed by atoms with Crippen molar-refractivity contribution in [1.29, 1.82) is 0 Å². The Labute approximate surface area is 108 Å². The van der Waals surface area contributed by atoms with Crippen molar-refractivity contribution in [2.45, 2.75) is 19.4 Å². The van der Waals surface area contributed by atoms with Crippen molar-refractivity contribution in [3.63, 3.8) is 0 Å². The van der Waals surface area contributed by atoms with Gasteiger partial charge in [-0.1, -0.05) is 11.6 Å². The number of anilines is 1. The van der Waals surface area contributed by atoms with Crippen molar-refractivity contribution < 1.29 is 0 Å². The molecule has 0 aromatic heterocycles. The molecule has 0 saturated carbocycles. The monoisotopic (exact) mass is 334 g/mol. The van der Waals surface area contributed by atoms with E-state index in [0.717, 1.165) is 26.5 Å². The van der Waals surface area contributed by atoms with Crippen LogP contribution in [0.25, 0.3) is 0 Å². The largest absolute Gasteiger partial charge is 0.369 e. The number of nitrogens with one attached hydrogen (secondary N) is 2. The molecule has 1 unspecified atom stereocenters. The zero-order chi connectivity index (χ0) is 10.8. The highest BCUT2D eigenvalue weighted by Gasteiger charge is 2.11. The lowest BCUT2D eigenvalue weighted by Crippen LogP contribution is -2.22. The third-order valence-corrected chi connectivity index (χ3v) is 3.26. The second-order valence-corrected chi connectivity index (χ2v) is 5.30. The van der Waals surface area contributed by atoms with Gasteiger partial charge < -0.3 is 10.6 Å². The molecule has 0 fully saturated rings. The molecule has 0 bridgehead atoms. The molecule has 0 amide bonds. The molecule has 2 rings (SSSR count). The molecule has 1 aromatic carbocycles. The van der Waals surface area contributed by atoms with Gasteiger partial charge in [-0.2, -0.15) is 0 Å². The van der Waals surface area contributed by atoms with Gasteiger partial charge in [0, 0.05) is 9.61 Å². The molecule has 1 aliphatic rings. The molecule has 1 aromatic rings. The molecule has 80 valence electrons. The lowest BCUT2D eigenvalue weighted by Gasteiger charge is -2.12. The summed E-state index contributed by atoms with van der Waals surface area (Å²) in [7, 11) is 0. The van der Waals surface area contributed by atoms with Gasteiger partial charge in [-0.15, -0.1) is 0 Å². The third-order valence-electron chi connectivity index (χ3n) is 2.28. The second kappa shape index (κ2) is 4.61. The first-order chi connectivity index (χ1) is 7.15. The topological polar surface area (TPSA) is 24.1 Å². The van der Waals surface area contributed by atoms with E-state index in [1.54, 1.807) is 0 Å². The van der Waals surface area contributed by atoms with Crippen LogP contribution in [0.1, 0.15) is 13.3 Å². The lowest BCUT2D eigenvalue weighted by atomic mass is 10.3. The molecular formula is C11H12ClIN2. The highest BCUT2D eigenvalue weighted by Crippen LogP contribution is 2.25. The van der Waals surface area contributed by atoms with Crippen LogP contribution in [0.5, 0.6) is 0 Å². The van der Waals surface area contributed by atoms with E-state index in [2.05, 4.69) is 46.2 Å². The lowest BCUT2D eigenvalue weighted by molar-refractivity contribution is 0.673. The first-order valence-corrected chi connectivity index (χ1v) is 6.29. The van der Waals surface area contributed by atoms with Crippen LogP contribution in [0.4, 0.5) is 5.69 Å². The average Bonchev–Trinajstić information content (AvgIpc) is 2.56. The zero-order valence-corrected chi connectivity index (χ0v) is 11.3. The van der Waals surface area contributed by atoms with E-state index in [0.29, 0.717) is 6.04 Å². The average molecular weight is 335 g/mol. The minimum atomic E-state index is 0.509. The predicted molar refractivity (Wildman–Crippen MR) is 73.1 cm³/mol. The van der Waals surface area contributed by atoms with Crippen LogP contribution >= 0.6 is 34.2 Å². The summed E-state index contributed by atoms with van der Waals surface area (Å²) in [6, 6.07) is 6.49. The van der Waals surface area contributed by atoms with Crippen molar-refractivity contribution in [3.8, 4) is 0 Å². The Bertz CT molecular complexity index is 404. The Morgan fingerprint density at radius 2 is 2.33 bits per heavy atom. The Hall–Kier alpha value is -0.420. The van der Waals surface area contributed by atoms with Gasteiger partial charge >= 0.3 is 0 Å². The van der Waals surface area contributed by atoms with Gasteiger partial charge in [-0.3, -0.25) is 0 Å². The summed E-state index contributed by atoms with van der Waals surface area (Å²) in [6.07, 6.45) is 3.21. The Morgan fingerprint density at radius 1 is 1.53 bits per heavy atom. The van der Waals surface area contributed by atoms with E-state index in [1.165, 1.54) is 0 Å². The minimum absolute atomic E-state index is 0.509. The van der Waals surface area contributed by atoms with E-state index in [9.17, 15) is 0 Å². The van der Waals surface area contributed by atoms with Gasteiger partial charge in [0.25, 0.3) is 0 Å². The van der Waals surface area contributed by atoms with E-state index in [4.69, 9.17) is 11.6 Å².